The van der Waals surface area contributed by atoms with Crippen molar-refractivity contribution < 1.29 is 0 Å². The van der Waals surface area contributed by atoms with Crippen molar-refractivity contribution in [1.29, 1.82) is 0 Å². The van der Waals surface area contributed by atoms with Crippen molar-refractivity contribution >= 4 is 81.7 Å². The summed E-state index contributed by atoms with van der Waals surface area (Å²) < 4.78 is 2.56. The van der Waals surface area contributed by atoms with E-state index in [-0.39, 0.29) is 5.92 Å². The van der Waals surface area contributed by atoms with Crippen LogP contribution < -0.4 is 0 Å². The lowest BCUT2D eigenvalue weighted by Gasteiger charge is -2.29. The standard InChI is InChI=1S/C69H63NS/c1-36(2)49-22-16-23-50(37(3)4)63(49)48-32-55-41(11)54-29-46(28-53(40(9)10)65(54)69-66(55)60(33-48)68(71-69)64-51(38(5)6)24-17-25-52(64)39(7)8)47-30-58-56-26-42-18-12-14-20-44(42)34-61(56)70-62-35-45-21-15-13-19-43(45)27-57(62)59(31-47)67(58)70/h12-41H,1-11H3. The Morgan fingerprint density at radius 2 is 0.803 bits per heavy atom. The molecular formula is C69H63NS. The lowest BCUT2D eigenvalue weighted by Crippen LogP contribution is -2.09. The summed E-state index contributed by atoms with van der Waals surface area (Å²) in [4.78, 5) is 2.88. The Labute approximate surface area is 423 Å². The molecule has 0 saturated carbocycles. The average Bonchev–Trinajstić information content (AvgIpc) is 4.02. The molecule has 12 aromatic rings. The maximum Gasteiger partial charge on any atom is 0.0620 e. The molecule has 3 aromatic heterocycles. The third-order valence-corrected chi connectivity index (χ3v) is 17.8. The second-order valence-electron chi connectivity index (χ2n) is 22.6. The summed E-state index contributed by atoms with van der Waals surface area (Å²) in [6, 6.07) is 57.1. The second-order valence-corrected chi connectivity index (χ2v) is 23.6. The van der Waals surface area contributed by atoms with Gasteiger partial charge in [-0.25, -0.2) is 0 Å². The topological polar surface area (TPSA) is 4.41 Å². The van der Waals surface area contributed by atoms with E-state index in [1.165, 1.54) is 152 Å². The second kappa shape index (κ2) is 16.1. The highest BCUT2D eigenvalue weighted by Crippen LogP contribution is 2.58. The molecule has 9 aromatic carbocycles. The maximum atomic E-state index is 2.62. The van der Waals surface area contributed by atoms with Crippen LogP contribution in [0.4, 0.5) is 0 Å². The molecule has 0 spiro atoms. The van der Waals surface area contributed by atoms with E-state index in [4.69, 9.17) is 0 Å². The molecule has 0 amide bonds. The number of benzene rings is 9. The molecule has 3 heterocycles. The SMILES string of the molecule is CC(C)c1cccc(C(C)C)c1-c1cc2c3c(sc(-c4c(C(C)C)cccc4C(C)C)c3c1)-c1c(C(C)C)cc(-c3cc4c5cc6ccccc6cc5n5c6cc7ccccc7cc6c(c3)c45)cc1C2C. The lowest BCUT2D eigenvalue weighted by molar-refractivity contribution is 0.837. The van der Waals surface area contributed by atoms with Crippen LogP contribution in [0.25, 0.3) is 114 Å². The van der Waals surface area contributed by atoms with Crippen LogP contribution in [-0.2, 0) is 0 Å². The predicted octanol–water partition coefficient (Wildman–Crippen LogP) is 21.1. The first-order valence-corrected chi connectivity index (χ1v) is 27.2. The molecule has 0 N–H and O–H groups in total. The van der Waals surface area contributed by atoms with Gasteiger partial charge in [-0.2, -0.15) is 0 Å². The van der Waals surface area contributed by atoms with E-state index in [2.05, 4.69) is 237 Å². The molecule has 1 aliphatic rings. The normalized spacial score (nSPS) is 14.1. The van der Waals surface area contributed by atoms with E-state index < -0.39 is 0 Å². The van der Waals surface area contributed by atoms with Crippen LogP contribution in [0.3, 0.4) is 0 Å². The summed E-state index contributed by atoms with van der Waals surface area (Å²) in [5, 5.41) is 13.3. The monoisotopic (exact) mass is 937 g/mol. The van der Waals surface area contributed by atoms with Gasteiger partial charge in [-0.15, -0.1) is 11.3 Å². The highest BCUT2D eigenvalue weighted by molar-refractivity contribution is 7.21. The van der Waals surface area contributed by atoms with Crippen LogP contribution in [0.5, 0.6) is 0 Å². The molecule has 13 rings (SSSR count). The molecule has 0 fully saturated rings. The molecule has 350 valence electrons. The minimum atomic E-state index is 0.178. The van der Waals surface area contributed by atoms with Gasteiger partial charge >= 0.3 is 0 Å². The minimum absolute atomic E-state index is 0.178. The fraction of sp³-hybridized carbons (Fsp3) is 0.246. The quantitative estimate of drug-likeness (QED) is 0.143. The Hall–Kier alpha value is -6.74. The summed E-state index contributed by atoms with van der Waals surface area (Å²) in [6.45, 7) is 26.3. The van der Waals surface area contributed by atoms with E-state index >= 15 is 0 Å². The van der Waals surface area contributed by atoms with Crippen LogP contribution in [0.15, 0.2) is 146 Å². The van der Waals surface area contributed by atoms with Gasteiger partial charge < -0.3 is 4.40 Å². The van der Waals surface area contributed by atoms with Crippen molar-refractivity contribution in [1.82, 2.24) is 4.40 Å². The molecule has 1 unspecified atom stereocenters. The van der Waals surface area contributed by atoms with E-state index in [1.54, 1.807) is 0 Å². The maximum absolute atomic E-state index is 2.62. The molecule has 1 atom stereocenters. The summed E-state index contributed by atoms with van der Waals surface area (Å²) in [7, 11) is 0. The highest BCUT2D eigenvalue weighted by Gasteiger charge is 2.34. The number of aromatic nitrogens is 1. The van der Waals surface area contributed by atoms with Crippen molar-refractivity contribution in [2.24, 2.45) is 0 Å². The molecule has 0 saturated heterocycles. The van der Waals surface area contributed by atoms with Crippen molar-refractivity contribution in [3.63, 3.8) is 0 Å². The average molecular weight is 938 g/mol. The molecular weight excluding hydrogens is 875 g/mol. The van der Waals surface area contributed by atoms with Crippen molar-refractivity contribution in [3.8, 4) is 43.1 Å². The Bertz CT molecular complexity index is 3990. The fourth-order valence-corrected chi connectivity index (χ4v) is 14.5. The van der Waals surface area contributed by atoms with Crippen LogP contribution in [0.1, 0.15) is 151 Å². The summed E-state index contributed by atoms with van der Waals surface area (Å²) in [5.74, 6) is 2.07. The Balaban J connectivity index is 1.12. The zero-order chi connectivity index (χ0) is 48.9. The molecule has 1 nitrogen and oxygen atoms in total. The van der Waals surface area contributed by atoms with E-state index in [9.17, 15) is 0 Å². The molecule has 0 radical (unpaired) electrons. The third-order valence-electron chi connectivity index (χ3n) is 16.5. The zero-order valence-electron chi connectivity index (χ0n) is 43.2. The van der Waals surface area contributed by atoms with Gasteiger partial charge in [0, 0.05) is 48.0 Å². The van der Waals surface area contributed by atoms with Crippen molar-refractivity contribution in [2.45, 2.75) is 112 Å². The van der Waals surface area contributed by atoms with E-state index in [0.717, 1.165) is 0 Å². The fourth-order valence-electron chi connectivity index (χ4n) is 13.0. The Morgan fingerprint density at radius 3 is 1.30 bits per heavy atom. The predicted molar refractivity (Wildman–Crippen MR) is 311 cm³/mol. The summed E-state index contributed by atoms with van der Waals surface area (Å²) in [6.07, 6.45) is 0. The third kappa shape index (κ3) is 6.49. The number of nitrogens with zero attached hydrogens (tertiary/aromatic N) is 1. The first-order chi connectivity index (χ1) is 34.3. The number of fused-ring (bicyclic) bond motifs is 10. The largest absolute Gasteiger partial charge is 0.308 e. The van der Waals surface area contributed by atoms with Gasteiger partial charge in [-0.1, -0.05) is 167 Å². The van der Waals surface area contributed by atoms with Crippen molar-refractivity contribution in [3.05, 3.63) is 185 Å². The van der Waals surface area contributed by atoms with Gasteiger partial charge in [-0.3, -0.25) is 0 Å². The summed E-state index contributed by atoms with van der Waals surface area (Å²) in [5.41, 5.74) is 22.3. The molecule has 2 heteroatoms. The highest BCUT2D eigenvalue weighted by atomic mass is 32.1. The van der Waals surface area contributed by atoms with Gasteiger partial charge in [0.05, 0.1) is 16.6 Å². The Morgan fingerprint density at radius 1 is 0.366 bits per heavy atom. The first-order valence-electron chi connectivity index (χ1n) is 26.4. The van der Waals surface area contributed by atoms with Gasteiger partial charge in [0.25, 0.3) is 0 Å². The molecule has 0 bridgehead atoms. The van der Waals surface area contributed by atoms with Gasteiger partial charge in [0.15, 0.2) is 0 Å². The van der Waals surface area contributed by atoms with E-state index in [0.29, 0.717) is 29.6 Å². The van der Waals surface area contributed by atoms with Gasteiger partial charge in [0.2, 0.25) is 0 Å². The summed E-state index contributed by atoms with van der Waals surface area (Å²) >= 11 is 2.07. The lowest BCUT2D eigenvalue weighted by atomic mass is 9.74. The minimum Gasteiger partial charge on any atom is -0.308 e. The van der Waals surface area contributed by atoms with Crippen LogP contribution in [0.2, 0.25) is 0 Å². The van der Waals surface area contributed by atoms with Gasteiger partial charge in [0.1, 0.15) is 0 Å². The zero-order valence-corrected chi connectivity index (χ0v) is 44.0. The number of rotatable bonds is 8. The first kappa shape index (κ1) is 44.2. The number of hydrogen-bond acceptors (Lipinski definition) is 1. The molecule has 1 aliphatic carbocycles. The number of thiophene rings is 1. The van der Waals surface area contributed by atoms with Crippen LogP contribution in [-0.4, -0.2) is 4.40 Å². The van der Waals surface area contributed by atoms with Crippen molar-refractivity contribution in [2.75, 3.05) is 0 Å². The van der Waals surface area contributed by atoms with Crippen LogP contribution >= 0.6 is 11.3 Å². The smallest absolute Gasteiger partial charge is 0.0620 e. The number of hydrogen-bond donors (Lipinski definition) is 0. The van der Waals surface area contributed by atoms with Crippen LogP contribution in [0, 0.1) is 0 Å². The molecule has 71 heavy (non-hydrogen) atoms. The Kier molecular flexibility index (Phi) is 10.1. The van der Waals surface area contributed by atoms with Gasteiger partial charge in [-0.05, 0) is 178 Å². The molecule has 0 aliphatic heterocycles. The van der Waals surface area contributed by atoms with E-state index in [1.807, 2.05) is 0 Å².